The average Bonchev–Trinajstić information content (AvgIpc) is 2.67. The second-order valence-corrected chi connectivity index (χ2v) is 8.54. The van der Waals surface area contributed by atoms with Crippen molar-refractivity contribution in [3.05, 3.63) is 96.3 Å². The molecule has 0 saturated carbocycles. The van der Waals surface area contributed by atoms with Gasteiger partial charge in [-0.05, 0) is 69.5 Å². The van der Waals surface area contributed by atoms with Crippen LogP contribution in [0, 0.1) is 11.3 Å². The van der Waals surface area contributed by atoms with E-state index >= 15 is 0 Å². The van der Waals surface area contributed by atoms with Crippen LogP contribution in [0.4, 0.5) is 0 Å². The Labute approximate surface area is 190 Å². The normalized spacial score (nSPS) is 11.2. The number of rotatable bonds is 5. The third kappa shape index (κ3) is 5.40. The molecule has 3 rings (SSSR count). The molecule has 3 aromatic carbocycles. The molecule has 0 N–H and O–H groups in total. The zero-order chi connectivity index (χ0) is 20.1. The highest BCUT2D eigenvalue weighted by Gasteiger charge is 2.11. The molecule has 0 atom stereocenters. The number of benzene rings is 3. The SMILES string of the molecule is N#C/C(=C\c1cc(Br)cc(Br)c1OCc1ccc(Cl)cc1)c1ccc(Cl)cc1. The van der Waals surface area contributed by atoms with Crippen LogP contribution in [-0.4, -0.2) is 0 Å². The molecule has 28 heavy (non-hydrogen) atoms. The maximum atomic E-state index is 9.65. The Bertz CT molecular complexity index is 1060. The second-order valence-electron chi connectivity index (χ2n) is 5.90. The van der Waals surface area contributed by atoms with E-state index in [1.165, 1.54) is 0 Å². The van der Waals surface area contributed by atoms with E-state index < -0.39 is 0 Å². The highest BCUT2D eigenvalue weighted by atomic mass is 79.9. The lowest BCUT2D eigenvalue weighted by atomic mass is 10.0. The third-order valence-corrected chi connectivity index (χ3v) is 5.46. The van der Waals surface area contributed by atoms with Crippen molar-refractivity contribution in [2.24, 2.45) is 0 Å². The predicted molar refractivity (Wildman–Crippen MR) is 123 cm³/mol. The van der Waals surface area contributed by atoms with E-state index in [-0.39, 0.29) is 0 Å². The Morgan fingerprint density at radius 3 is 2.18 bits per heavy atom. The van der Waals surface area contributed by atoms with E-state index in [2.05, 4.69) is 37.9 Å². The Morgan fingerprint density at radius 1 is 0.964 bits per heavy atom. The first-order valence-electron chi connectivity index (χ1n) is 8.20. The fourth-order valence-electron chi connectivity index (χ4n) is 2.54. The summed E-state index contributed by atoms with van der Waals surface area (Å²) in [6.45, 7) is 0.376. The first kappa shape index (κ1) is 21.0. The monoisotopic (exact) mass is 535 g/mol. The van der Waals surface area contributed by atoms with Gasteiger partial charge in [0.05, 0.1) is 16.1 Å². The van der Waals surface area contributed by atoms with Gasteiger partial charge in [0.1, 0.15) is 12.4 Å². The number of ether oxygens (including phenoxy) is 1. The van der Waals surface area contributed by atoms with Crippen molar-refractivity contribution >= 4 is 66.7 Å². The molecule has 140 valence electrons. The molecule has 0 saturated heterocycles. The molecule has 0 fully saturated rings. The van der Waals surface area contributed by atoms with Crippen molar-refractivity contribution in [2.45, 2.75) is 6.61 Å². The lowest BCUT2D eigenvalue weighted by molar-refractivity contribution is 0.303. The maximum absolute atomic E-state index is 9.65. The number of nitrogens with zero attached hydrogens (tertiary/aromatic N) is 1. The van der Waals surface area contributed by atoms with E-state index in [4.69, 9.17) is 27.9 Å². The molecule has 0 heterocycles. The van der Waals surface area contributed by atoms with Gasteiger partial charge in [-0.25, -0.2) is 0 Å². The molecule has 0 spiro atoms. The molecule has 0 radical (unpaired) electrons. The fourth-order valence-corrected chi connectivity index (χ4v) is 4.17. The third-order valence-electron chi connectivity index (χ3n) is 3.91. The minimum Gasteiger partial charge on any atom is -0.487 e. The fraction of sp³-hybridized carbons (Fsp3) is 0.0455. The van der Waals surface area contributed by atoms with Crippen molar-refractivity contribution < 1.29 is 4.74 Å². The Morgan fingerprint density at radius 2 is 1.57 bits per heavy atom. The van der Waals surface area contributed by atoms with Gasteiger partial charge in [-0.1, -0.05) is 63.4 Å². The lowest BCUT2D eigenvalue weighted by Gasteiger charge is -2.13. The Hall–Kier alpha value is -1.77. The predicted octanol–water partition coefficient (Wildman–Crippen LogP) is 8.16. The number of nitriles is 1. The molecule has 6 heteroatoms. The van der Waals surface area contributed by atoms with E-state index in [1.807, 2.05) is 48.5 Å². The summed E-state index contributed by atoms with van der Waals surface area (Å²) < 4.78 is 7.72. The van der Waals surface area contributed by atoms with Gasteiger partial charge in [0.2, 0.25) is 0 Å². The number of halogens is 4. The Kier molecular flexibility index (Phi) is 7.20. The van der Waals surface area contributed by atoms with Crippen LogP contribution in [0.25, 0.3) is 11.6 Å². The number of allylic oxidation sites excluding steroid dienone is 1. The summed E-state index contributed by atoms with van der Waals surface area (Å²) in [6.07, 6.45) is 1.80. The van der Waals surface area contributed by atoms with Gasteiger partial charge in [-0.15, -0.1) is 0 Å². The van der Waals surface area contributed by atoms with Crippen LogP contribution < -0.4 is 4.74 Å². The van der Waals surface area contributed by atoms with Gasteiger partial charge in [-0.2, -0.15) is 5.26 Å². The van der Waals surface area contributed by atoms with Crippen LogP contribution >= 0.6 is 55.1 Å². The van der Waals surface area contributed by atoms with Gasteiger partial charge < -0.3 is 4.74 Å². The van der Waals surface area contributed by atoms with Crippen LogP contribution in [0.2, 0.25) is 10.0 Å². The van der Waals surface area contributed by atoms with Crippen LogP contribution in [0.1, 0.15) is 16.7 Å². The first-order chi connectivity index (χ1) is 13.5. The largest absolute Gasteiger partial charge is 0.487 e. The maximum Gasteiger partial charge on any atom is 0.141 e. The molecule has 0 aliphatic rings. The summed E-state index contributed by atoms with van der Waals surface area (Å²) in [7, 11) is 0. The average molecular weight is 538 g/mol. The molecular weight excluding hydrogens is 525 g/mol. The smallest absolute Gasteiger partial charge is 0.141 e. The molecule has 0 amide bonds. The highest BCUT2D eigenvalue weighted by Crippen LogP contribution is 2.36. The van der Waals surface area contributed by atoms with Crippen molar-refractivity contribution in [3.63, 3.8) is 0 Å². The van der Waals surface area contributed by atoms with Gasteiger partial charge in [0, 0.05) is 20.1 Å². The molecule has 0 aliphatic heterocycles. The molecule has 0 aromatic heterocycles. The van der Waals surface area contributed by atoms with Crippen molar-refractivity contribution in [2.75, 3.05) is 0 Å². The minimum atomic E-state index is 0.376. The molecule has 0 bridgehead atoms. The van der Waals surface area contributed by atoms with Crippen LogP contribution in [0.15, 0.2) is 69.6 Å². The lowest BCUT2D eigenvalue weighted by Crippen LogP contribution is -1.98. The van der Waals surface area contributed by atoms with Crippen LogP contribution in [-0.2, 0) is 6.61 Å². The molecule has 0 aliphatic carbocycles. The van der Waals surface area contributed by atoms with Gasteiger partial charge in [0.25, 0.3) is 0 Å². The number of hydrogen-bond acceptors (Lipinski definition) is 2. The minimum absolute atomic E-state index is 0.376. The first-order valence-corrected chi connectivity index (χ1v) is 10.5. The summed E-state index contributed by atoms with van der Waals surface area (Å²) in [5, 5.41) is 10.9. The Balaban J connectivity index is 1.96. The zero-order valence-corrected chi connectivity index (χ0v) is 19.1. The molecule has 3 aromatic rings. The van der Waals surface area contributed by atoms with E-state index in [0.29, 0.717) is 28.0 Å². The van der Waals surface area contributed by atoms with Crippen molar-refractivity contribution in [1.82, 2.24) is 0 Å². The van der Waals surface area contributed by atoms with E-state index in [1.54, 1.807) is 18.2 Å². The summed E-state index contributed by atoms with van der Waals surface area (Å²) in [4.78, 5) is 0. The van der Waals surface area contributed by atoms with Crippen molar-refractivity contribution in [1.29, 1.82) is 5.26 Å². The quantitative estimate of drug-likeness (QED) is 0.243. The van der Waals surface area contributed by atoms with Crippen LogP contribution in [0.5, 0.6) is 5.75 Å². The van der Waals surface area contributed by atoms with E-state index in [9.17, 15) is 5.26 Å². The van der Waals surface area contributed by atoms with Crippen LogP contribution in [0.3, 0.4) is 0 Å². The standard InChI is InChI=1S/C22H13Br2Cl2NO/c23-18-10-16(9-17(12-27)15-3-7-20(26)8-4-15)22(21(24)11-18)28-13-14-1-5-19(25)6-2-14/h1-11H,13H2/b17-9+. The zero-order valence-electron chi connectivity index (χ0n) is 14.4. The van der Waals surface area contributed by atoms with Gasteiger partial charge in [-0.3, -0.25) is 0 Å². The number of hydrogen-bond donors (Lipinski definition) is 0. The summed E-state index contributed by atoms with van der Waals surface area (Å²) in [5.74, 6) is 0.653. The highest BCUT2D eigenvalue weighted by molar-refractivity contribution is 9.11. The van der Waals surface area contributed by atoms with Gasteiger partial charge in [0.15, 0.2) is 0 Å². The van der Waals surface area contributed by atoms with Crippen molar-refractivity contribution in [3.8, 4) is 11.8 Å². The molecular formula is C22H13Br2Cl2NO. The topological polar surface area (TPSA) is 33.0 Å². The summed E-state index contributed by atoms with van der Waals surface area (Å²) >= 11 is 18.9. The van der Waals surface area contributed by atoms with Gasteiger partial charge >= 0.3 is 0 Å². The molecule has 2 nitrogen and oxygen atoms in total. The summed E-state index contributed by atoms with van der Waals surface area (Å²) in [5.41, 5.74) is 3.07. The summed E-state index contributed by atoms with van der Waals surface area (Å²) in [6, 6.07) is 20.7. The molecule has 0 unspecified atom stereocenters. The van der Waals surface area contributed by atoms with E-state index in [0.717, 1.165) is 25.6 Å². The second kappa shape index (κ2) is 9.62.